The Morgan fingerprint density at radius 2 is 1.71 bits per heavy atom. The van der Waals surface area contributed by atoms with Gasteiger partial charge in [0.1, 0.15) is 5.75 Å². The van der Waals surface area contributed by atoms with Crippen LogP contribution in [0.4, 0.5) is 5.69 Å². The lowest BCUT2D eigenvalue weighted by Gasteiger charge is -2.08. The Hall–Kier alpha value is -2.11. The third-order valence-electron chi connectivity index (χ3n) is 2.69. The van der Waals surface area contributed by atoms with Crippen LogP contribution in [0.3, 0.4) is 0 Å². The highest BCUT2D eigenvalue weighted by Crippen LogP contribution is 2.38. The SMILES string of the molecule is CC(=O)c1ccc(Oc2cc(Cl)c(Cl)cc2[N+](=O)[O-])cc1. The zero-order valence-corrected chi connectivity index (χ0v) is 12.3. The maximum absolute atomic E-state index is 11.2. The highest BCUT2D eigenvalue weighted by Gasteiger charge is 2.19. The molecule has 0 N–H and O–H groups in total. The summed E-state index contributed by atoms with van der Waals surface area (Å²) in [6.45, 7) is 1.44. The number of halogens is 2. The van der Waals surface area contributed by atoms with E-state index in [1.54, 1.807) is 24.3 Å². The van der Waals surface area contributed by atoms with Gasteiger partial charge < -0.3 is 4.74 Å². The minimum Gasteiger partial charge on any atom is -0.450 e. The largest absolute Gasteiger partial charge is 0.450 e. The van der Waals surface area contributed by atoms with E-state index in [0.29, 0.717) is 11.3 Å². The Kier molecular flexibility index (Phi) is 4.45. The molecule has 0 aromatic heterocycles. The van der Waals surface area contributed by atoms with E-state index in [1.807, 2.05) is 0 Å². The van der Waals surface area contributed by atoms with Gasteiger partial charge in [0.25, 0.3) is 0 Å². The van der Waals surface area contributed by atoms with Crippen molar-refractivity contribution in [3.8, 4) is 11.5 Å². The van der Waals surface area contributed by atoms with Gasteiger partial charge in [0.15, 0.2) is 5.78 Å². The van der Waals surface area contributed by atoms with Gasteiger partial charge >= 0.3 is 5.69 Å². The maximum atomic E-state index is 11.2. The molecule has 0 spiro atoms. The summed E-state index contributed by atoms with van der Waals surface area (Å²) in [6.07, 6.45) is 0. The summed E-state index contributed by atoms with van der Waals surface area (Å²) in [4.78, 5) is 21.6. The second kappa shape index (κ2) is 6.11. The van der Waals surface area contributed by atoms with Crippen LogP contribution in [-0.4, -0.2) is 10.7 Å². The first-order valence-electron chi connectivity index (χ1n) is 5.81. The summed E-state index contributed by atoms with van der Waals surface area (Å²) in [6, 6.07) is 8.64. The van der Waals surface area contributed by atoms with Crippen molar-refractivity contribution < 1.29 is 14.5 Å². The fourth-order valence-electron chi connectivity index (χ4n) is 1.63. The molecule has 2 rings (SSSR count). The smallest absolute Gasteiger partial charge is 0.313 e. The van der Waals surface area contributed by atoms with E-state index >= 15 is 0 Å². The highest BCUT2D eigenvalue weighted by molar-refractivity contribution is 6.42. The number of ketones is 1. The summed E-state index contributed by atoms with van der Waals surface area (Å²) in [7, 11) is 0. The van der Waals surface area contributed by atoms with E-state index in [0.717, 1.165) is 6.07 Å². The van der Waals surface area contributed by atoms with E-state index in [4.69, 9.17) is 27.9 Å². The monoisotopic (exact) mass is 325 g/mol. The first-order chi connectivity index (χ1) is 9.88. The van der Waals surface area contributed by atoms with Crippen LogP contribution in [0.15, 0.2) is 36.4 Å². The van der Waals surface area contributed by atoms with Crippen molar-refractivity contribution in [1.29, 1.82) is 0 Å². The number of rotatable bonds is 4. The number of hydrogen-bond acceptors (Lipinski definition) is 4. The predicted molar refractivity (Wildman–Crippen MR) is 79.6 cm³/mol. The number of hydrogen-bond donors (Lipinski definition) is 0. The molecule has 21 heavy (non-hydrogen) atoms. The Morgan fingerprint density at radius 1 is 1.14 bits per heavy atom. The Bertz CT molecular complexity index is 714. The Balaban J connectivity index is 2.36. The zero-order valence-electron chi connectivity index (χ0n) is 10.8. The van der Waals surface area contributed by atoms with E-state index in [1.165, 1.54) is 13.0 Å². The van der Waals surface area contributed by atoms with Crippen LogP contribution >= 0.6 is 23.2 Å². The molecule has 0 amide bonds. The van der Waals surface area contributed by atoms with Crippen molar-refractivity contribution in [1.82, 2.24) is 0 Å². The van der Waals surface area contributed by atoms with Crippen LogP contribution in [0.1, 0.15) is 17.3 Å². The lowest BCUT2D eigenvalue weighted by atomic mass is 10.1. The maximum Gasteiger partial charge on any atom is 0.313 e. The number of carbonyl (C=O) groups excluding carboxylic acids is 1. The third-order valence-corrected chi connectivity index (χ3v) is 3.41. The third kappa shape index (κ3) is 3.51. The molecule has 0 bridgehead atoms. The van der Waals surface area contributed by atoms with Gasteiger partial charge in [-0.25, -0.2) is 0 Å². The number of benzene rings is 2. The van der Waals surface area contributed by atoms with E-state index < -0.39 is 4.92 Å². The minimum atomic E-state index is -0.610. The van der Waals surface area contributed by atoms with Crippen LogP contribution in [0.25, 0.3) is 0 Å². The van der Waals surface area contributed by atoms with Crippen LogP contribution in [0, 0.1) is 10.1 Å². The molecule has 0 aliphatic carbocycles. The molecule has 0 aliphatic heterocycles. The van der Waals surface area contributed by atoms with Crippen LogP contribution in [0.2, 0.25) is 10.0 Å². The molecular formula is C14H9Cl2NO4. The molecule has 0 saturated carbocycles. The molecule has 0 atom stereocenters. The van der Waals surface area contributed by atoms with Gasteiger partial charge in [-0.3, -0.25) is 14.9 Å². The zero-order chi connectivity index (χ0) is 15.6. The van der Waals surface area contributed by atoms with Gasteiger partial charge in [0, 0.05) is 17.7 Å². The average molecular weight is 326 g/mol. The van der Waals surface area contributed by atoms with Crippen molar-refractivity contribution in [3.63, 3.8) is 0 Å². The number of ether oxygens (including phenoxy) is 1. The standard InChI is InChI=1S/C14H9Cl2NO4/c1-8(18)9-2-4-10(5-3-9)21-14-7-12(16)11(15)6-13(14)17(19)20/h2-7H,1H3. The van der Waals surface area contributed by atoms with Crippen molar-refractivity contribution in [3.05, 3.63) is 62.1 Å². The van der Waals surface area contributed by atoms with Gasteiger partial charge in [-0.15, -0.1) is 0 Å². The normalized spacial score (nSPS) is 10.2. The molecule has 0 heterocycles. The van der Waals surface area contributed by atoms with Gasteiger partial charge in [-0.05, 0) is 31.2 Å². The Labute approximate surface area is 130 Å². The molecule has 2 aromatic carbocycles. The topological polar surface area (TPSA) is 69.4 Å². The summed E-state index contributed by atoms with van der Waals surface area (Å²) < 4.78 is 5.45. The average Bonchev–Trinajstić information content (AvgIpc) is 2.43. The molecule has 108 valence electrons. The van der Waals surface area contributed by atoms with Gasteiger partial charge in [-0.1, -0.05) is 23.2 Å². The van der Waals surface area contributed by atoms with Crippen molar-refractivity contribution in [2.45, 2.75) is 6.92 Å². The molecule has 0 fully saturated rings. The molecule has 0 aliphatic rings. The summed E-state index contributed by atoms with van der Waals surface area (Å²) in [5.74, 6) is 0.244. The number of nitro benzene ring substituents is 1. The molecule has 5 nitrogen and oxygen atoms in total. The summed E-state index contributed by atoms with van der Waals surface area (Å²) in [5.41, 5.74) is 0.228. The molecule has 0 radical (unpaired) electrons. The summed E-state index contributed by atoms with van der Waals surface area (Å²) >= 11 is 11.6. The number of nitrogens with zero attached hydrogens (tertiary/aromatic N) is 1. The minimum absolute atomic E-state index is 0.0232. The lowest BCUT2D eigenvalue weighted by Crippen LogP contribution is -1.95. The second-order valence-electron chi connectivity index (χ2n) is 4.17. The quantitative estimate of drug-likeness (QED) is 0.455. The fraction of sp³-hybridized carbons (Fsp3) is 0.0714. The Morgan fingerprint density at radius 3 is 2.24 bits per heavy atom. The van der Waals surface area contributed by atoms with Crippen LogP contribution in [0.5, 0.6) is 11.5 Å². The molecule has 7 heteroatoms. The predicted octanol–water partition coefficient (Wildman–Crippen LogP) is 4.90. The van der Waals surface area contributed by atoms with E-state index in [-0.39, 0.29) is 27.3 Å². The van der Waals surface area contributed by atoms with Crippen molar-refractivity contribution in [2.24, 2.45) is 0 Å². The lowest BCUT2D eigenvalue weighted by molar-refractivity contribution is -0.385. The van der Waals surface area contributed by atoms with E-state index in [9.17, 15) is 14.9 Å². The van der Waals surface area contributed by atoms with Gasteiger partial charge in [0.2, 0.25) is 5.75 Å². The van der Waals surface area contributed by atoms with Crippen LogP contribution in [-0.2, 0) is 0 Å². The fourth-order valence-corrected chi connectivity index (χ4v) is 1.94. The number of nitro groups is 1. The number of Topliss-reactive ketones (excluding diaryl/α,β-unsaturated/α-hetero) is 1. The first-order valence-corrected chi connectivity index (χ1v) is 6.56. The van der Waals surface area contributed by atoms with Gasteiger partial charge in [0.05, 0.1) is 15.0 Å². The molecule has 0 unspecified atom stereocenters. The van der Waals surface area contributed by atoms with Crippen LogP contribution < -0.4 is 4.74 Å². The highest BCUT2D eigenvalue weighted by atomic mass is 35.5. The van der Waals surface area contributed by atoms with Gasteiger partial charge in [-0.2, -0.15) is 0 Å². The molecule has 0 saturated heterocycles. The first kappa shape index (κ1) is 15.3. The number of carbonyl (C=O) groups is 1. The molecular weight excluding hydrogens is 317 g/mol. The van der Waals surface area contributed by atoms with Crippen molar-refractivity contribution in [2.75, 3.05) is 0 Å². The van der Waals surface area contributed by atoms with Crippen molar-refractivity contribution >= 4 is 34.7 Å². The second-order valence-corrected chi connectivity index (χ2v) is 4.99. The summed E-state index contributed by atoms with van der Waals surface area (Å²) in [5, 5.41) is 11.2. The molecule has 2 aromatic rings. The van der Waals surface area contributed by atoms with E-state index in [2.05, 4.69) is 0 Å².